The quantitative estimate of drug-likeness (QED) is 0.942. The molecule has 1 aliphatic rings. The van der Waals surface area contributed by atoms with Gasteiger partial charge in [-0.05, 0) is 35.4 Å². The number of carbonyl (C=O) groups is 1. The molecule has 0 radical (unpaired) electrons. The fourth-order valence-corrected chi connectivity index (χ4v) is 3.79. The number of hydrogen-bond donors (Lipinski definition) is 1. The van der Waals surface area contributed by atoms with Gasteiger partial charge >= 0.3 is 5.97 Å². The summed E-state index contributed by atoms with van der Waals surface area (Å²) in [5.41, 5.74) is 2.07. The van der Waals surface area contributed by atoms with Crippen LogP contribution in [-0.2, 0) is 23.1 Å². The van der Waals surface area contributed by atoms with Gasteiger partial charge in [0.1, 0.15) is 0 Å². The molecule has 0 aromatic heterocycles. The fraction of sp³-hybridized carbons (Fsp3) is 0.133. The topological polar surface area (TPSA) is 74.7 Å². The van der Waals surface area contributed by atoms with Crippen molar-refractivity contribution in [3.8, 4) is 0 Å². The number of hydrogen-bond acceptors (Lipinski definition) is 3. The van der Waals surface area contributed by atoms with Gasteiger partial charge in [0.25, 0.3) is 0 Å². The molecule has 0 amide bonds. The van der Waals surface area contributed by atoms with Crippen LogP contribution in [0.15, 0.2) is 53.4 Å². The normalized spacial score (nSPS) is 14.9. The maximum absolute atomic E-state index is 12.6. The van der Waals surface area contributed by atoms with Gasteiger partial charge in [-0.25, -0.2) is 13.2 Å². The predicted octanol–water partition coefficient (Wildman–Crippen LogP) is 2.09. The highest BCUT2D eigenvalue weighted by Gasteiger charge is 2.30. The Bertz CT molecular complexity index is 772. The Morgan fingerprint density at radius 2 is 1.48 bits per heavy atom. The van der Waals surface area contributed by atoms with Crippen LogP contribution in [0.3, 0.4) is 0 Å². The molecule has 108 valence electrons. The fourth-order valence-electron chi connectivity index (χ4n) is 2.39. The molecule has 21 heavy (non-hydrogen) atoms. The first-order valence-electron chi connectivity index (χ1n) is 6.39. The zero-order valence-electron chi connectivity index (χ0n) is 11.1. The van der Waals surface area contributed by atoms with Crippen molar-refractivity contribution in [2.75, 3.05) is 0 Å². The summed E-state index contributed by atoms with van der Waals surface area (Å²) in [6.07, 6.45) is 0. The van der Waals surface area contributed by atoms with E-state index in [-0.39, 0.29) is 10.5 Å². The lowest BCUT2D eigenvalue weighted by Gasteiger charge is -2.15. The summed E-state index contributed by atoms with van der Waals surface area (Å²) in [6, 6.07) is 12.9. The third-order valence-electron chi connectivity index (χ3n) is 3.55. The molecule has 0 atom stereocenters. The molecule has 6 heteroatoms. The van der Waals surface area contributed by atoms with Gasteiger partial charge in [-0.1, -0.05) is 24.3 Å². The van der Waals surface area contributed by atoms with E-state index in [0.29, 0.717) is 13.1 Å². The van der Waals surface area contributed by atoms with Crippen LogP contribution in [0, 0.1) is 0 Å². The van der Waals surface area contributed by atoms with Crippen LogP contribution >= 0.6 is 0 Å². The van der Waals surface area contributed by atoms with Crippen molar-refractivity contribution in [2.24, 2.45) is 0 Å². The number of carboxylic acid groups (broad SMARTS) is 1. The van der Waals surface area contributed by atoms with E-state index < -0.39 is 16.0 Å². The van der Waals surface area contributed by atoms with Gasteiger partial charge in [0.05, 0.1) is 10.5 Å². The summed E-state index contributed by atoms with van der Waals surface area (Å²) in [7, 11) is -3.61. The van der Waals surface area contributed by atoms with Crippen LogP contribution in [0.25, 0.3) is 0 Å². The van der Waals surface area contributed by atoms with Gasteiger partial charge < -0.3 is 5.11 Å². The largest absolute Gasteiger partial charge is 0.478 e. The van der Waals surface area contributed by atoms with E-state index in [4.69, 9.17) is 5.11 Å². The van der Waals surface area contributed by atoms with Gasteiger partial charge in [-0.15, -0.1) is 0 Å². The van der Waals surface area contributed by atoms with Crippen molar-refractivity contribution in [3.05, 3.63) is 65.2 Å². The zero-order chi connectivity index (χ0) is 15.0. The Labute approximate surface area is 122 Å². The Morgan fingerprint density at radius 1 is 0.952 bits per heavy atom. The third kappa shape index (κ3) is 2.43. The minimum absolute atomic E-state index is 0.0682. The molecule has 0 bridgehead atoms. The first-order chi connectivity index (χ1) is 9.98. The molecule has 0 unspecified atom stereocenters. The smallest absolute Gasteiger partial charge is 0.335 e. The molecule has 1 heterocycles. The lowest BCUT2D eigenvalue weighted by molar-refractivity contribution is 0.0696. The minimum Gasteiger partial charge on any atom is -0.478 e. The third-order valence-corrected chi connectivity index (χ3v) is 5.36. The monoisotopic (exact) mass is 303 g/mol. The van der Waals surface area contributed by atoms with Crippen LogP contribution in [0.5, 0.6) is 0 Å². The predicted molar refractivity (Wildman–Crippen MR) is 76.3 cm³/mol. The Kier molecular flexibility index (Phi) is 3.27. The van der Waals surface area contributed by atoms with E-state index in [1.807, 2.05) is 24.3 Å². The van der Waals surface area contributed by atoms with Crippen molar-refractivity contribution in [2.45, 2.75) is 18.0 Å². The van der Waals surface area contributed by atoms with E-state index in [2.05, 4.69) is 0 Å². The van der Waals surface area contributed by atoms with Crippen molar-refractivity contribution in [1.82, 2.24) is 4.31 Å². The molecule has 2 aromatic rings. The Hall–Kier alpha value is -2.18. The van der Waals surface area contributed by atoms with Crippen LogP contribution in [0.1, 0.15) is 21.5 Å². The molecule has 0 saturated carbocycles. The van der Waals surface area contributed by atoms with Gasteiger partial charge in [0.2, 0.25) is 10.0 Å². The zero-order valence-corrected chi connectivity index (χ0v) is 11.9. The summed E-state index contributed by atoms with van der Waals surface area (Å²) in [5.74, 6) is -1.08. The second kappa shape index (κ2) is 4.98. The van der Waals surface area contributed by atoms with E-state index in [0.717, 1.165) is 11.1 Å². The molecule has 0 saturated heterocycles. The summed E-state index contributed by atoms with van der Waals surface area (Å²) in [6.45, 7) is 0.693. The Morgan fingerprint density at radius 3 is 1.95 bits per heavy atom. The molecule has 0 spiro atoms. The lowest BCUT2D eigenvalue weighted by atomic mass is 10.1. The number of carboxylic acids is 1. The summed E-state index contributed by atoms with van der Waals surface area (Å²) in [5, 5.41) is 8.85. The maximum atomic E-state index is 12.6. The van der Waals surface area contributed by atoms with Crippen molar-refractivity contribution in [1.29, 1.82) is 0 Å². The van der Waals surface area contributed by atoms with Crippen molar-refractivity contribution < 1.29 is 18.3 Å². The SMILES string of the molecule is O=C(O)c1ccc(S(=O)(=O)N2Cc3ccccc3C2)cc1. The number of benzene rings is 2. The van der Waals surface area contributed by atoms with Crippen LogP contribution in [0.2, 0.25) is 0 Å². The molecule has 1 N–H and O–H groups in total. The highest BCUT2D eigenvalue weighted by Crippen LogP contribution is 2.28. The Balaban J connectivity index is 1.90. The number of aromatic carboxylic acids is 1. The van der Waals surface area contributed by atoms with Gasteiger partial charge in [0, 0.05) is 13.1 Å². The molecule has 5 nitrogen and oxygen atoms in total. The van der Waals surface area contributed by atoms with Crippen LogP contribution in [-0.4, -0.2) is 23.8 Å². The highest BCUT2D eigenvalue weighted by atomic mass is 32.2. The number of nitrogens with zero attached hydrogens (tertiary/aromatic N) is 1. The van der Waals surface area contributed by atoms with Gasteiger partial charge in [0.15, 0.2) is 0 Å². The average Bonchev–Trinajstić information content (AvgIpc) is 2.92. The van der Waals surface area contributed by atoms with Crippen LogP contribution < -0.4 is 0 Å². The van der Waals surface area contributed by atoms with E-state index >= 15 is 0 Å². The molecular formula is C15H13NO4S. The standard InChI is InChI=1S/C15H13NO4S/c17-15(18)11-5-7-14(8-6-11)21(19,20)16-9-12-3-1-2-4-13(12)10-16/h1-8H,9-10H2,(H,17,18). The summed E-state index contributed by atoms with van der Waals surface area (Å²) >= 11 is 0. The molecule has 3 rings (SSSR count). The number of fused-ring (bicyclic) bond motifs is 1. The molecule has 1 aliphatic heterocycles. The number of sulfonamides is 1. The summed E-state index contributed by atoms with van der Waals surface area (Å²) in [4.78, 5) is 10.9. The molecule has 0 fully saturated rings. The molecular weight excluding hydrogens is 290 g/mol. The first-order valence-corrected chi connectivity index (χ1v) is 7.83. The minimum atomic E-state index is -3.61. The van der Waals surface area contributed by atoms with Crippen molar-refractivity contribution >= 4 is 16.0 Å². The van der Waals surface area contributed by atoms with Gasteiger partial charge in [-0.3, -0.25) is 0 Å². The maximum Gasteiger partial charge on any atom is 0.335 e. The van der Waals surface area contributed by atoms with Gasteiger partial charge in [-0.2, -0.15) is 4.31 Å². The lowest BCUT2D eigenvalue weighted by Crippen LogP contribution is -2.25. The number of rotatable bonds is 3. The summed E-state index contributed by atoms with van der Waals surface area (Å²) < 4.78 is 26.5. The van der Waals surface area contributed by atoms with E-state index in [1.54, 1.807) is 0 Å². The van der Waals surface area contributed by atoms with Crippen molar-refractivity contribution in [3.63, 3.8) is 0 Å². The molecule has 0 aliphatic carbocycles. The van der Waals surface area contributed by atoms with E-state index in [9.17, 15) is 13.2 Å². The second-order valence-corrected chi connectivity index (χ2v) is 6.81. The molecule has 2 aromatic carbocycles. The average molecular weight is 303 g/mol. The highest BCUT2D eigenvalue weighted by molar-refractivity contribution is 7.89. The van der Waals surface area contributed by atoms with Crippen LogP contribution in [0.4, 0.5) is 0 Å². The van der Waals surface area contributed by atoms with E-state index in [1.165, 1.54) is 28.6 Å². The second-order valence-electron chi connectivity index (χ2n) is 4.87. The first kappa shape index (κ1) is 13.8.